The van der Waals surface area contributed by atoms with Crippen LogP contribution in [0, 0.1) is 23.2 Å². The molecule has 2 saturated carbocycles. The van der Waals surface area contributed by atoms with Crippen LogP contribution in [0.5, 0.6) is 0 Å². The second-order valence-electron chi connectivity index (χ2n) is 15.8. The summed E-state index contributed by atoms with van der Waals surface area (Å²) in [6, 6.07) is 8.61. The molecule has 46 heavy (non-hydrogen) atoms. The molecule has 6 rings (SSSR count). The van der Waals surface area contributed by atoms with Gasteiger partial charge >= 0.3 is 11.9 Å². The van der Waals surface area contributed by atoms with Crippen molar-refractivity contribution >= 4 is 34.4 Å². The van der Waals surface area contributed by atoms with Crippen LogP contribution in [0.25, 0.3) is 0 Å². The standard InChI is InChI=1S/C34H47O9Si2.Mo/c1-20-15-16-34(38)29(40-30(37)22-13-11-10-12-14-22)27-32(5)23(17-24-33(27,18-39-24)41-21(2)35)42-44(6,7)19-45(8,9)43-26(28(32)36)25(20)31(34,3)4;/h10-15,23-24,26-27,29,38H,16-19H2,1-9H3;/q-1;/t23?,24-,26?,27?,29+,32-,33+,34-;/m1./s1. The van der Waals surface area contributed by atoms with Crippen LogP contribution in [-0.4, -0.2) is 81.7 Å². The van der Waals surface area contributed by atoms with Gasteiger partial charge in [-0.2, -0.15) is 5.57 Å². The number of carbonyl (C=O) groups excluding carboxylic acids is 3. The van der Waals surface area contributed by atoms with Gasteiger partial charge in [-0.1, -0.05) is 45.4 Å². The molecule has 2 saturated heterocycles. The second kappa shape index (κ2) is 11.5. The Bertz CT molecular complexity index is 1460. The fourth-order valence-corrected chi connectivity index (χ4v) is 20.3. The Balaban J connectivity index is 0.00000417. The molecule has 0 spiro atoms. The summed E-state index contributed by atoms with van der Waals surface area (Å²) < 4.78 is 33.0. The Morgan fingerprint density at radius 2 is 1.65 bits per heavy atom. The third-order valence-electron chi connectivity index (χ3n) is 11.4. The zero-order valence-electron chi connectivity index (χ0n) is 28.3. The van der Waals surface area contributed by atoms with E-state index in [0.717, 1.165) is 11.2 Å². The van der Waals surface area contributed by atoms with E-state index < -0.39 is 80.9 Å². The summed E-state index contributed by atoms with van der Waals surface area (Å²) >= 11 is 0. The number of benzene rings is 1. The molecule has 5 aliphatic rings. The molecule has 2 aliphatic heterocycles. The smallest absolute Gasteiger partial charge is 0.338 e. The van der Waals surface area contributed by atoms with E-state index >= 15 is 4.79 Å². The zero-order chi connectivity index (χ0) is 33.0. The predicted molar refractivity (Wildman–Crippen MR) is 171 cm³/mol. The van der Waals surface area contributed by atoms with Gasteiger partial charge in [-0.15, -0.1) is 0 Å². The Morgan fingerprint density at radius 3 is 2.24 bits per heavy atom. The monoisotopic (exact) mass is 753 g/mol. The quantitative estimate of drug-likeness (QED) is 0.261. The Labute approximate surface area is 288 Å². The molecule has 1 aromatic carbocycles. The summed E-state index contributed by atoms with van der Waals surface area (Å²) in [5.74, 6) is -2.36. The number of fused-ring (bicyclic) bond motifs is 6. The molecule has 3 aliphatic carbocycles. The van der Waals surface area contributed by atoms with Crippen molar-refractivity contribution in [2.24, 2.45) is 16.7 Å². The summed E-state index contributed by atoms with van der Waals surface area (Å²) in [6.45, 7) is 17.5. The Morgan fingerprint density at radius 1 is 1.02 bits per heavy atom. The number of aliphatic hydroxyl groups is 1. The molecular formula is C34H47MoO9Si2-. The van der Waals surface area contributed by atoms with Gasteiger partial charge in [0.2, 0.25) is 0 Å². The van der Waals surface area contributed by atoms with E-state index in [1.54, 1.807) is 24.3 Å². The van der Waals surface area contributed by atoms with Crippen LogP contribution in [0.3, 0.4) is 0 Å². The molecule has 0 aromatic heterocycles. The number of ketones is 1. The molecule has 252 valence electrons. The summed E-state index contributed by atoms with van der Waals surface area (Å²) in [5.41, 5.74) is -2.85. The first-order chi connectivity index (χ1) is 20.8. The summed E-state index contributed by atoms with van der Waals surface area (Å²) in [4.78, 5) is 42.4. The van der Waals surface area contributed by atoms with Crippen molar-refractivity contribution in [3.63, 3.8) is 0 Å². The van der Waals surface area contributed by atoms with Crippen molar-refractivity contribution in [1.82, 2.24) is 0 Å². The van der Waals surface area contributed by atoms with Gasteiger partial charge in [0.1, 0.15) is 12.2 Å². The number of Topliss-reactive ketones (excluding diaryl/α,β-unsaturated/α-hetero) is 1. The minimum absolute atomic E-state index is 0. The van der Waals surface area contributed by atoms with Gasteiger partial charge in [-0.05, 0) is 56.3 Å². The second-order valence-corrected chi connectivity index (χ2v) is 24.7. The van der Waals surface area contributed by atoms with E-state index in [4.69, 9.17) is 23.1 Å². The molecule has 8 atom stereocenters. The van der Waals surface area contributed by atoms with Crippen molar-refractivity contribution < 1.29 is 63.6 Å². The SMILES string of the molecule is CC(=O)O[C@@]12CO[C@@H]1CC1O[Si](C)(C)C[Si](C)(C)OC3C(=O)[C@@]1(C)C2[C@H](OC(=O)c1ccccc1)[C@]1(O)C[CH-]C(C)=C3C1(C)C.[Mo]. The normalized spacial score (nSPS) is 40.0. The first kappa shape index (κ1) is 35.7. The molecule has 9 nitrogen and oxygen atoms in total. The third-order valence-corrected chi connectivity index (χ3v) is 20.0. The Kier molecular flexibility index (Phi) is 8.92. The molecule has 1 aromatic rings. The fourth-order valence-electron chi connectivity index (χ4n) is 9.49. The van der Waals surface area contributed by atoms with E-state index in [1.807, 2.05) is 40.2 Å². The third kappa shape index (κ3) is 5.18. The number of rotatable bonds is 3. The van der Waals surface area contributed by atoms with Gasteiger partial charge < -0.3 is 28.2 Å². The topological polar surface area (TPSA) is 118 Å². The van der Waals surface area contributed by atoms with Crippen LogP contribution >= 0.6 is 0 Å². The predicted octanol–water partition coefficient (Wildman–Crippen LogP) is 4.93. The van der Waals surface area contributed by atoms with Gasteiger partial charge in [-0.3, -0.25) is 9.59 Å². The van der Waals surface area contributed by atoms with Crippen molar-refractivity contribution in [3.8, 4) is 0 Å². The number of hydrogen-bond acceptors (Lipinski definition) is 9. The van der Waals surface area contributed by atoms with E-state index in [9.17, 15) is 14.7 Å². The zero-order valence-corrected chi connectivity index (χ0v) is 32.3. The average Bonchev–Trinajstić information content (AvgIpc) is 2.94. The summed E-state index contributed by atoms with van der Waals surface area (Å²) in [5, 5.41) is 13.2. The minimum Gasteiger partial charge on any atom is -0.455 e. The summed E-state index contributed by atoms with van der Waals surface area (Å²) in [6.07, 6.45) is -1.08. The summed E-state index contributed by atoms with van der Waals surface area (Å²) in [7, 11) is -4.97. The van der Waals surface area contributed by atoms with Gasteiger partial charge in [0.05, 0.1) is 41.3 Å². The maximum atomic E-state index is 15.6. The molecular weight excluding hydrogens is 704 g/mol. The van der Waals surface area contributed by atoms with Crippen molar-refractivity contribution in [3.05, 3.63) is 53.5 Å². The van der Waals surface area contributed by atoms with Crippen LogP contribution in [0.15, 0.2) is 41.5 Å². The van der Waals surface area contributed by atoms with E-state index in [-0.39, 0.29) is 39.9 Å². The van der Waals surface area contributed by atoms with E-state index in [1.165, 1.54) is 6.92 Å². The molecule has 4 bridgehead atoms. The first-order valence-corrected chi connectivity index (χ1v) is 22.3. The molecule has 12 heteroatoms. The largest absolute Gasteiger partial charge is 0.455 e. The van der Waals surface area contributed by atoms with Gasteiger partial charge in [0.15, 0.2) is 28.0 Å². The number of carbonyl (C=O) groups is 3. The first-order valence-electron chi connectivity index (χ1n) is 16.0. The number of ether oxygens (including phenoxy) is 3. The van der Waals surface area contributed by atoms with Crippen LogP contribution in [-0.2, 0) is 53.7 Å². The van der Waals surface area contributed by atoms with E-state index in [2.05, 4.69) is 26.2 Å². The minimum atomic E-state index is -2.52. The van der Waals surface area contributed by atoms with Crippen molar-refractivity contribution in [1.29, 1.82) is 0 Å². The van der Waals surface area contributed by atoms with Crippen molar-refractivity contribution in [2.45, 2.75) is 115 Å². The molecule has 0 amide bonds. The van der Waals surface area contributed by atoms with Gasteiger partial charge in [-0.25, -0.2) is 16.8 Å². The molecule has 4 fully saturated rings. The number of esters is 2. The van der Waals surface area contributed by atoms with Gasteiger partial charge in [0.25, 0.3) is 0 Å². The number of allylic oxidation sites excluding steroid dienone is 1. The molecule has 1 N–H and O–H groups in total. The fraction of sp³-hybridized carbons (Fsp3) is 0.647. The molecule has 2 heterocycles. The van der Waals surface area contributed by atoms with Crippen molar-refractivity contribution in [2.75, 3.05) is 6.61 Å². The Hall–Kier alpha value is -1.60. The van der Waals surface area contributed by atoms with Crippen LogP contribution in [0.2, 0.25) is 31.9 Å². The maximum absolute atomic E-state index is 15.6. The average molecular weight is 752 g/mol. The molecule has 0 radical (unpaired) electrons. The van der Waals surface area contributed by atoms with E-state index in [0.29, 0.717) is 17.6 Å². The van der Waals surface area contributed by atoms with Gasteiger partial charge in [0, 0.05) is 34.4 Å². The van der Waals surface area contributed by atoms with Crippen LogP contribution in [0.4, 0.5) is 0 Å². The number of hydrogen-bond donors (Lipinski definition) is 1. The van der Waals surface area contributed by atoms with Crippen LogP contribution < -0.4 is 0 Å². The van der Waals surface area contributed by atoms with Crippen LogP contribution in [0.1, 0.15) is 57.8 Å². The molecule has 3 unspecified atom stereocenters. The maximum Gasteiger partial charge on any atom is 0.338 e.